The largest absolute Gasteiger partial charge is 0.313 e. The maximum Gasteiger partial charge on any atom is 0.114 e. The Morgan fingerprint density at radius 2 is 2.33 bits per heavy atom. The smallest absolute Gasteiger partial charge is 0.114 e. The van der Waals surface area contributed by atoms with Crippen molar-refractivity contribution in [2.24, 2.45) is 0 Å². The Hall–Kier alpha value is -0.150. The first kappa shape index (κ1) is 8.45. The van der Waals surface area contributed by atoms with Crippen molar-refractivity contribution in [1.82, 2.24) is 10.2 Å². The Morgan fingerprint density at radius 3 is 2.92 bits per heavy atom. The lowest BCUT2D eigenvalue weighted by Crippen LogP contribution is -2.36. The number of hydrogen-bond donors (Lipinski definition) is 1. The molecule has 0 aromatic heterocycles. The van der Waals surface area contributed by atoms with E-state index in [0.717, 1.165) is 26.1 Å². The molecule has 2 fully saturated rings. The van der Waals surface area contributed by atoms with E-state index in [0.29, 0.717) is 12.6 Å². The molecule has 0 bridgehead atoms. The molecule has 0 amide bonds. The van der Waals surface area contributed by atoms with Crippen molar-refractivity contribution >= 4 is 0 Å². The maximum atomic E-state index is 12.8. The lowest BCUT2D eigenvalue weighted by atomic mass is 10.2. The number of halogens is 1. The van der Waals surface area contributed by atoms with Gasteiger partial charge in [0, 0.05) is 25.7 Å². The minimum atomic E-state index is -0.564. The second-order valence-electron chi connectivity index (χ2n) is 3.94. The van der Waals surface area contributed by atoms with E-state index in [9.17, 15) is 4.39 Å². The first-order valence-corrected chi connectivity index (χ1v) is 4.94. The molecule has 12 heavy (non-hydrogen) atoms. The molecule has 0 aliphatic carbocycles. The summed E-state index contributed by atoms with van der Waals surface area (Å²) in [7, 11) is 0. The number of alkyl halides is 1. The molecule has 70 valence electrons. The van der Waals surface area contributed by atoms with E-state index in [-0.39, 0.29) is 0 Å². The lowest BCUT2D eigenvalue weighted by molar-refractivity contribution is 0.268. The third kappa shape index (κ3) is 1.96. The van der Waals surface area contributed by atoms with E-state index in [1.54, 1.807) is 0 Å². The third-order valence-corrected chi connectivity index (χ3v) is 2.86. The maximum absolute atomic E-state index is 12.8. The molecule has 2 atom stereocenters. The highest BCUT2D eigenvalue weighted by Crippen LogP contribution is 2.14. The van der Waals surface area contributed by atoms with Crippen LogP contribution in [-0.4, -0.2) is 43.3 Å². The van der Waals surface area contributed by atoms with Crippen LogP contribution >= 0.6 is 0 Å². The molecule has 0 unspecified atom stereocenters. The van der Waals surface area contributed by atoms with E-state index in [1.807, 2.05) is 0 Å². The fraction of sp³-hybridized carbons (Fsp3) is 1.00. The van der Waals surface area contributed by atoms with Gasteiger partial charge in [0.1, 0.15) is 6.17 Å². The minimum absolute atomic E-state index is 0.564. The van der Waals surface area contributed by atoms with Gasteiger partial charge in [0.2, 0.25) is 0 Å². The molecular weight excluding hydrogens is 155 g/mol. The van der Waals surface area contributed by atoms with E-state index in [1.165, 1.54) is 12.8 Å². The number of nitrogens with zero attached hydrogens (tertiary/aromatic N) is 1. The topological polar surface area (TPSA) is 15.3 Å². The van der Waals surface area contributed by atoms with Gasteiger partial charge >= 0.3 is 0 Å². The summed E-state index contributed by atoms with van der Waals surface area (Å²) in [6, 6.07) is 0.635. The standard InChI is InChI=1S/C9H17FN2/c10-8-3-5-12(6-8)7-9-2-1-4-11-9/h8-9,11H,1-7H2/t8-,9+/m1/s1. The Kier molecular flexibility index (Phi) is 2.61. The molecule has 1 N–H and O–H groups in total. The molecule has 0 aromatic carbocycles. The predicted molar refractivity (Wildman–Crippen MR) is 47.0 cm³/mol. The van der Waals surface area contributed by atoms with Crippen molar-refractivity contribution < 1.29 is 4.39 Å². The van der Waals surface area contributed by atoms with Crippen LogP contribution in [0.25, 0.3) is 0 Å². The van der Waals surface area contributed by atoms with Crippen LogP contribution in [0, 0.1) is 0 Å². The summed E-state index contributed by atoms with van der Waals surface area (Å²) in [5.41, 5.74) is 0. The Morgan fingerprint density at radius 1 is 1.42 bits per heavy atom. The highest BCUT2D eigenvalue weighted by molar-refractivity contribution is 4.82. The molecule has 0 spiro atoms. The highest BCUT2D eigenvalue weighted by atomic mass is 19.1. The zero-order chi connectivity index (χ0) is 8.39. The lowest BCUT2D eigenvalue weighted by Gasteiger charge is -2.19. The summed E-state index contributed by atoms with van der Waals surface area (Å²) < 4.78 is 12.8. The second-order valence-corrected chi connectivity index (χ2v) is 3.94. The van der Waals surface area contributed by atoms with Crippen molar-refractivity contribution in [2.45, 2.75) is 31.5 Å². The van der Waals surface area contributed by atoms with Crippen molar-refractivity contribution in [2.75, 3.05) is 26.2 Å². The summed E-state index contributed by atoms with van der Waals surface area (Å²) in [6.45, 7) is 3.83. The molecule has 0 radical (unpaired) electrons. The number of likely N-dealkylation sites (tertiary alicyclic amines) is 1. The SMILES string of the molecule is F[C@@H]1CCN(C[C@@H]2CCCN2)C1. The van der Waals surface area contributed by atoms with Crippen LogP contribution in [0.2, 0.25) is 0 Å². The summed E-state index contributed by atoms with van der Waals surface area (Å²) in [4.78, 5) is 2.24. The van der Waals surface area contributed by atoms with Gasteiger partial charge in [-0.2, -0.15) is 0 Å². The van der Waals surface area contributed by atoms with Crippen LogP contribution in [0.5, 0.6) is 0 Å². The fourth-order valence-corrected chi connectivity index (χ4v) is 2.18. The van der Waals surface area contributed by atoms with Gasteiger partial charge in [-0.3, -0.25) is 4.90 Å². The van der Waals surface area contributed by atoms with Crippen LogP contribution in [0.4, 0.5) is 4.39 Å². The second kappa shape index (κ2) is 3.71. The zero-order valence-corrected chi connectivity index (χ0v) is 7.43. The van der Waals surface area contributed by atoms with E-state index in [4.69, 9.17) is 0 Å². The molecule has 2 saturated heterocycles. The Bertz CT molecular complexity index is 145. The van der Waals surface area contributed by atoms with E-state index < -0.39 is 6.17 Å². The monoisotopic (exact) mass is 172 g/mol. The van der Waals surface area contributed by atoms with Crippen LogP contribution in [0.3, 0.4) is 0 Å². The normalized spacial score (nSPS) is 37.8. The van der Waals surface area contributed by atoms with Gasteiger partial charge in [0.05, 0.1) is 0 Å². The average Bonchev–Trinajstić information content (AvgIpc) is 2.63. The predicted octanol–water partition coefficient (Wildman–Crippen LogP) is 0.782. The Labute approximate surface area is 73.1 Å². The average molecular weight is 172 g/mol. The van der Waals surface area contributed by atoms with Crippen molar-refractivity contribution in [1.29, 1.82) is 0 Å². The summed E-state index contributed by atoms with van der Waals surface area (Å²) >= 11 is 0. The molecular formula is C9H17FN2. The van der Waals surface area contributed by atoms with Crippen molar-refractivity contribution in [3.05, 3.63) is 0 Å². The van der Waals surface area contributed by atoms with Crippen LogP contribution in [0.1, 0.15) is 19.3 Å². The summed E-state index contributed by atoms with van der Waals surface area (Å²) in [6.07, 6.45) is 2.74. The van der Waals surface area contributed by atoms with E-state index >= 15 is 0 Å². The van der Waals surface area contributed by atoms with Crippen LogP contribution < -0.4 is 5.32 Å². The van der Waals surface area contributed by atoms with E-state index in [2.05, 4.69) is 10.2 Å². The van der Waals surface area contributed by atoms with Gasteiger partial charge in [-0.15, -0.1) is 0 Å². The molecule has 2 aliphatic heterocycles. The highest BCUT2D eigenvalue weighted by Gasteiger charge is 2.25. The number of rotatable bonds is 2. The van der Waals surface area contributed by atoms with Gasteiger partial charge in [-0.25, -0.2) is 4.39 Å². The Balaban J connectivity index is 1.72. The fourth-order valence-electron chi connectivity index (χ4n) is 2.18. The van der Waals surface area contributed by atoms with Crippen LogP contribution in [0.15, 0.2) is 0 Å². The van der Waals surface area contributed by atoms with Gasteiger partial charge in [-0.05, 0) is 25.8 Å². The first-order chi connectivity index (χ1) is 5.84. The molecule has 2 rings (SSSR count). The van der Waals surface area contributed by atoms with Gasteiger partial charge in [-0.1, -0.05) is 0 Å². The molecule has 2 nitrogen and oxygen atoms in total. The number of hydrogen-bond acceptors (Lipinski definition) is 2. The molecule has 0 aromatic rings. The molecule has 2 aliphatic rings. The van der Waals surface area contributed by atoms with Gasteiger partial charge in [0.15, 0.2) is 0 Å². The van der Waals surface area contributed by atoms with Crippen LogP contribution in [-0.2, 0) is 0 Å². The third-order valence-electron chi connectivity index (χ3n) is 2.86. The van der Waals surface area contributed by atoms with Gasteiger partial charge in [0.25, 0.3) is 0 Å². The zero-order valence-electron chi connectivity index (χ0n) is 7.43. The quantitative estimate of drug-likeness (QED) is 0.662. The molecule has 3 heteroatoms. The molecule has 2 heterocycles. The summed E-state index contributed by atoms with van der Waals surface area (Å²) in [5.74, 6) is 0. The number of nitrogens with one attached hydrogen (secondary N) is 1. The van der Waals surface area contributed by atoms with Crippen molar-refractivity contribution in [3.8, 4) is 0 Å². The molecule has 0 saturated carbocycles. The minimum Gasteiger partial charge on any atom is -0.313 e. The first-order valence-electron chi connectivity index (χ1n) is 4.94. The van der Waals surface area contributed by atoms with Crippen molar-refractivity contribution in [3.63, 3.8) is 0 Å². The summed E-state index contributed by atoms with van der Waals surface area (Å²) in [5, 5.41) is 3.43. The van der Waals surface area contributed by atoms with Gasteiger partial charge < -0.3 is 5.32 Å².